The third-order valence-electron chi connectivity index (χ3n) is 3.21. The maximum Gasteiger partial charge on any atom is 0.407 e. The van der Waals surface area contributed by atoms with Crippen LogP contribution >= 0.6 is 0 Å². The molecule has 0 saturated carbocycles. The molecular formula is C18H28N2O3S. The average molecular weight is 353 g/mol. The van der Waals surface area contributed by atoms with Crippen molar-refractivity contribution in [2.75, 3.05) is 6.54 Å². The highest BCUT2D eigenvalue weighted by Gasteiger charge is 2.26. The maximum atomic E-state index is 11.9. The summed E-state index contributed by atoms with van der Waals surface area (Å²) in [7, 11) is 0. The average Bonchev–Trinajstić information content (AvgIpc) is 2.52. The first-order valence-electron chi connectivity index (χ1n) is 8.20. The molecule has 0 fully saturated rings. The number of amides is 1. The first-order valence-corrected chi connectivity index (χ1v) is 9.30. The Labute approximate surface area is 148 Å². The summed E-state index contributed by atoms with van der Waals surface area (Å²) in [6.07, 6.45) is 2.09. The molecule has 1 atom stereocenters. The molecule has 1 unspecified atom stereocenters. The lowest BCUT2D eigenvalue weighted by molar-refractivity contribution is 0.139. The summed E-state index contributed by atoms with van der Waals surface area (Å²) in [5.74, 6) is 0. The molecule has 0 spiro atoms. The number of ether oxygens (including phenoxy) is 1. The Morgan fingerprint density at radius 2 is 1.92 bits per heavy atom. The second kappa shape index (κ2) is 10.4. The largest absolute Gasteiger partial charge is 0.591 e. The number of benzene rings is 1. The number of rotatable bonds is 8. The minimum Gasteiger partial charge on any atom is -0.591 e. The van der Waals surface area contributed by atoms with Gasteiger partial charge in [-0.1, -0.05) is 34.7 Å². The number of unbranched alkanes of at least 4 members (excludes halogenated alkanes) is 1. The van der Waals surface area contributed by atoms with E-state index in [2.05, 4.69) is 9.71 Å². The van der Waals surface area contributed by atoms with Crippen molar-refractivity contribution in [3.05, 3.63) is 35.9 Å². The third-order valence-corrected chi connectivity index (χ3v) is 4.74. The lowest BCUT2D eigenvalue weighted by Crippen LogP contribution is -2.26. The van der Waals surface area contributed by atoms with Gasteiger partial charge in [0.1, 0.15) is 22.7 Å². The van der Waals surface area contributed by atoms with E-state index in [1.54, 1.807) is 0 Å². The van der Waals surface area contributed by atoms with Crippen molar-refractivity contribution in [2.24, 2.45) is 4.40 Å². The second-order valence-corrected chi connectivity index (χ2v) is 8.54. The van der Waals surface area contributed by atoms with Crippen LogP contribution in [0.2, 0.25) is 0 Å². The van der Waals surface area contributed by atoms with Crippen molar-refractivity contribution in [1.29, 1.82) is 0 Å². The van der Waals surface area contributed by atoms with Gasteiger partial charge in [0.2, 0.25) is 0 Å². The summed E-state index contributed by atoms with van der Waals surface area (Å²) in [5.41, 5.74) is 1.85. The van der Waals surface area contributed by atoms with E-state index < -0.39 is 17.5 Å². The molecule has 0 bridgehead atoms. The predicted molar refractivity (Wildman–Crippen MR) is 99.5 cm³/mol. The van der Waals surface area contributed by atoms with Crippen LogP contribution in [0.5, 0.6) is 0 Å². The Morgan fingerprint density at radius 3 is 2.54 bits per heavy atom. The molecule has 0 aliphatic heterocycles. The van der Waals surface area contributed by atoms with E-state index in [1.807, 2.05) is 58.0 Å². The van der Waals surface area contributed by atoms with Crippen LogP contribution in [0.1, 0.15) is 52.5 Å². The number of carbonyl (C=O) groups is 1. The molecular weight excluding hydrogens is 324 g/mol. The molecule has 134 valence electrons. The molecule has 0 saturated heterocycles. The molecule has 0 aliphatic carbocycles. The quantitative estimate of drug-likeness (QED) is 0.436. The first kappa shape index (κ1) is 20.5. The number of carbonyl (C=O) groups excluding carboxylic acids is 1. The summed E-state index contributed by atoms with van der Waals surface area (Å²) >= 11 is -1.20. The molecule has 0 aromatic heterocycles. The molecule has 24 heavy (non-hydrogen) atoms. The van der Waals surface area contributed by atoms with Gasteiger partial charge in [0.25, 0.3) is 0 Å². The molecule has 1 aromatic carbocycles. The van der Waals surface area contributed by atoms with Crippen LogP contribution in [0.3, 0.4) is 0 Å². The number of hydrogen-bond acceptors (Lipinski definition) is 4. The Bertz CT molecular complexity index is 527. The lowest BCUT2D eigenvalue weighted by Gasteiger charge is -2.18. The highest BCUT2D eigenvalue weighted by molar-refractivity contribution is 7.91. The summed E-state index contributed by atoms with van der Waals surface area (Å²) in [6, 6.07) is 9.57. The molecule has 0 heterocycles. The summed E-state index contributed by atoms with van der Waals surface area (Å²) < 4.78 is 20.9. The van der Waals surface area contributed by atoms with Crippen LogP contribution in [-0.4, -0.2) is 27.6 Å². The van der Waals surface area contributed by atoms with Gasteiger partial charge in [-0.05, 0) is 52.5 Å². The van der Waals surface area contributed by atoms with Gasteiger partial charge in [-0.3, -0.25) is 0 Å². The monoisotopic (exact) mass is 352 g/mol. The highest BCUT2D eigenvalue weighted by Crippen LogP contribution is 2.17. The minimum atomic E-state index is -1.20. The van der Waals surface area contributed by atoms with E-state index >= 15 is 0 Å². The zero-order valence-corrected chi connectivity index (χ0v) is 15.8. The number of nitrogens with zero attached hydrogens (tertiary/aromatic N) is 1. The molecule has 5 nitrogen and oxygen atoms in total. The number of nitrogens with one attached hydrogen (secondary N) is 1. The molecule has 1 rings (SSSR count). The van der Waals surface area contributed by atoms with Crippen molar-refractivity contribution in [2.45, 2.75) is 58.3 Å². The van der Waals surface area contributed by atoms with Crippen molar-refractivity contribution in [3.8, 4) is 0 Å². The van der Waals surface area contributed by atoms with Gasteiger partial charge in [0.15, 0.2) is 0 Å². The van der Waals surface area contributed by atoms with Crippen LogP contribution in [0, 0.1) is 0 Å². The summed E-state index contributed by atoms with van der Waals surface area (Å²) in [4.78, 5) is 11.6. The summed E-state index contributed by atoms with van der Waals surface area (Å²) in [6.45, 7) is 8.45. The normalized spacial score (nSPS) is 13.5. The van der Waals surface area contributed by atoms with E-state index in [1.165, 1.54) is 0 Å². The van der Waals surface area contributed by atoms with E-state index in [9.17, 15) is 9.35 Å². The predicted octanol–water partition coefficient (Wildman–Crippen LogP) is 4.01. The minimum absolute atomic E-state index is 0.275. The molecule has 0 radical (unpaired) electrons. The second-order valence-electron chi connectivity index (χ2n) is 6.63. The standard InChI is InChI=1S/C18H28N2O3S/c1-15(20-24(22)18(2,3)4)10-8-9-13-19-17(21)23-14-16-11-6-5-7-12-16/h5-7,11-12H,8-10,13-14H2,1-4H3,(H,19,21). The third kappa shape index (κ3) is 8.93. The Morgan fingerprint density at radius 1 is 1.25 bits per heavy atom. The van der Waals surface area contributed by atoms with Crippen LogP contribution in [0.25, 0.3) is 0 Å². The smallest absolute Gasteiger partial charge is 0.407 e. The molecule has 0 aliphatic rings. The van der Waals surface area contributed by atoms with Crippen molar-refractivity contribution in [1.82, 2.24) is 5.32 Å². The van der Waals surface area contributed by atoms with Gasteiger partial charge in [0, 0.05) is 6.54 Å². The van der Waals surface area contributed by atoms with E-state index in [4.69, 9.17) is 4.74 Å². The molecule has 1 N–H and O–H groups in total. The van der Waals surface area contributed by atoms with Crippen LogP contribution in [0.4, 0.5) is 4.79 Å². The molecule has 6 heteroatoms. The van der Waals surface area contributed by atoms with Crippen molar-refractivity contribution < 1.29 is 14.1 Å². The van der Waals surface area contributed by atoms with Crippen LogP contribution < -0.4 is 5.32 Å². The van der Waals surface area contributed by atoms with Gasteiger partial charge in [-0.2, -0.15) is 0 Å². The maximum absolute atomic E-state index is 11.9. The topological polar surface area (TPSA) is 73.8 Å². The fourth-order valence-electron chi connectivity index (χ4n) is 1.79. The zero-order valence-electron chi connectivity index (χ0n) is 15.0. The highest BCUT2D eigenvalue weighted by atomic mass is 32.2. The summed E-state index contributed by atoms with van der Waals surface area (Å²) in [5, 5.41) is 2.73. The lowest BCUT2D eigenvalue weighted by atomic mass is 10.2. The number of hydrogen-bond donors (Lipinski definition) is 1. The fourth-order valence-corrected chi connectivity index (χ4v) is 2.44. The van der Waals surface area contributed by atoms with Crippen molar-refractivity contribution >= 4 is 23.2 Å². The SMILES string of the molecule is CC(CCCCNC(=O)OCc1ccccc1)=N[S+]([O-])C(C)(C)C. The molecule has 1 amide bonds. The van der Waals surface area contributed by atoms with Gasteiger partial charge in [0.05, 0.1) is 5.71 Å². The number of alkyl carbamates (subject to hydrolysis) is 1. The van der Waals surface area contributed by atoms with E-state index in [-0.39, 0.29) is 11.4 Å². The molecule has 1 aromatic rings. The van der Waals surface area contributed by atoms with Crippen LogP contribution in [-0.2, 0) is 22.7 Å². The fraction of sp³-hybridized carbons (Fsp3) is 0.556. The van der Waals surface area contributed by atoms with Gasteiger partial charge < -0.3 is 14.6 Å². The Kier molecular flexibility index (Phi) is 8.85. The van der Waals surface area contributed by atoms with Crippen LogP contribution in [0.15, 0.2) is 34.7 Å². The first-order chi connectivity index (χ1) is 11.3. The van der Waals surface area contributed by atoms with Gasteiger partial charge >= 0.3 is 6.09 Å². The zero-order chi connectivity index (χ0) is 18.0. The van der Waals surface area contributed by atoms with E-state index in [0.29, 0.717) is 6.54 Å². The Balaban J connectivity index is 2.13. The van der Waals surface area contributed by atoms with Gasteiger partial charge in [-0.15, -0.1) is 0 Å². The van der Waals surface area contributed by atoms with Gasteiger partial charge in [-0.25, -0.2) is 4.79 Å². The van der Waals surface area contributed by atoms with Crippen molar-refractivity contribution in [3.63, 3.8) is 0 Å². The van der Waals surface area contributed by atoms with E-state index in [0.717, 1.165) is 30.5 Å². The Hall–Kier alpha value is -1.53.